The Bertz CT molecular complexity index is 1950. The normalized spacial score (nSPS) is 23.2. The van der Waals surface area contributed by atoms with Crippen molar-refractivity contribution in [1.29, 1.82) is 0 Å². The van der Waals surface area contributed by atoms with Gasteiger partial charge in [-0.05, 0) is 29.0 Å². The van der Waals surface area contributed by atoms with E-state index in [9.17, 15) is 33.3 Å². The summed E-state index contributed by atoms with van der Waals surface area (Å²) < 4.78 is 51.8. The fourth-order valence-corrected chi connectivity index (χ4v) is 7.22. The van der Waals surface area contributed by atoms with E-state index >= 15 is 0 Å². The highest BCUT2D eigenvalue weighted by molar-refractivity contribution is 5.84. The van der Waals surface area contributed by atoms with Crippen LogP contribution in [-0.4, -0.2) is 98.1 Å². The van der Waals surface area contributed by atoms with Crippen molar-refractivity contribution in [3.63, 3.8) is 0 Å². The highest BCUT2D eigenvalue weighted by Crippen LogP contribution is 2.38. The van der Waals surface area contributed by atoms with Crippen LogP contribution in [0.1, 0.15) is 28.8 Å². The summed E-state index contributed by atoms with van der Waals surface area (Å²) in [6.07, 6.45) is -9.87. The van der Waals surface area contributed by atoms with Crippen molar-refractivity contribution in [2.75, 3.05) is 43.1 Å². The molecule has 3 aromatic carbocycles. The summed E-state index contributed by atoms with van der Waals surface area (Å²) in [5, 5.41) is 34.5. The van der Waals surface area contributed by atoms with Crippen LogP contribution in [0.2, 0.25) is 0 Å². The van der Waals surface area contributed by atoms with Crippen LogP contribution < -0.4 is 10.2 Å². The van der Waals surface area contributed by atoms with E-state index in [0.717, 1.165) is 16.7 Å². The number of aliphatic hydroxyl groups excluding tert-OH is 3. The SMILES string of the molecule is O=C(O[C@@H]1[C@H](O)[C@@H](CO)O[C@H]1n1cnc2c(NCC(c3ccccc3)c3ccccc3)nc(N3C[C@@H](CO)[C@H](Cc4ccccc4)C3)nc21)C(F)(F)F. The summed E-state index contributed by atoms with van der Waals surface area (Å²) in [4.78, 5) is 28.2. The summed E-state index contributed by atoms with van der Waals surface area (Å²) in [6.45, 7) is 0.502. The number of aliphatic hydroxyl groups is 3. The Morgan fingerprint density at radius 3 is 2.13 bits per heavy atom. The number of anilines is 2. The molecule has 0 unspecified atom stereocenters. The monoisotopic (exact) mass is 732 g/mol. The fraction of sp³-hybridized carbons (Fsp3) is 0.368. The summed E-state index contributed by atoms with van der Waals surface area (Å²) in [6, 6.07) is 29.8. The van der Waals surface area contributed by atoms with Crippen LogP contribution in [-0.2, 0) is 20.7 Å². The predicted molar refractivity (Wildman–Crippen MR) is 188 cm³/mol. The molecular weight excluding hydrogens is 693 g/mol. The Hall–Kier alpha value is -5.09. The number of carbonyl (C=O) groups is 1. The van der Waals surface area contributed by atoms with E-state index in [-0.39, 0.29) is 41.5 Å². The van der Waals surface area contributed by atoms with Gasteiger partial charge in [0.1, 0.15) is 12.2 Å². The topological polar surface area (TPSA) is 155 Å². The molecule has 0 aliphatic carbocycles. The lowest BCUT2D eigenvalue weighted by Gasteiger charge is -2.23. The number of carbonyl (C=O) groups excluding carboxylic acids is 1. The molecule has 12 nitrogen and oxygen atoms in total. The lowest BCUT2D eigenvalue weighted by molar-refractivity contribution is -0.211. The van der Waals surface area contributed by atoms with E-state index in [1.165, 1.54) is 10.9 Å². The second-order valence-corrected chi connectivity index (χ2v) is 13.4. The third-order valence-electron chi connectivity index (χ3n) is 9.96. The second kappa shape index (κ2) is 15.5. The lowest BCUT2D eigenvalue weighted by Crippen LogP contribution is -2.40. The highest BCUT2D eigenvalue weighted by Gasteiger charge is 2.51. The first-order chi connectivity index (χ1) is 25.6. The van der Waals surface area contributed by atoms with Gasteiger partial charge in [-0.1, -0.05) is 91.0 Å². The van der Waals surface area contributed by atoms with Crippen molar-refractivity contribution in [1.82, 2.24) is 19.5 Å². The van der Waals surface area contributed by atoms with Crippen LogP contribution in [0.15, 0.2) is 97.3 Å². The van der Waals surface area contributed by atoms with Crippen molar-refractivity contribution in [3.05, 3.63) is 114 Å². The van der Waals surface area contributed by atoms with Crippen molar-refractivity contribution in [2.45, 2.75) is 43.1 Å². The van der Waals surface area contributed by atoms with Gasteiger partial charge < -0.3 is 35.0 Å². The number of nitrogens with zero attached hydrogens (tertiary/aromatic N) is 5. The van der Waals surface area contributed by atoms with Gasteiger partial charge in [-0.2, -0.15) is 23.1 Å². The molecule has 15 heteroatoms. The quantitative estimate of drug-likeness (QED) is 0.137. The molecule has 2 aliphatic rings. The number of esters is 1. The number of fused-ring (bicyclic) bond motifs is 1. The molecule has 5 aromatic rings. The van der Waals surface area contributed by atoms with Gasteiger partial charge >= 0.3 is 12.1 Å². The van der Waals surface area contributed by atoms with E-state index in [0.29, 0.717) is 31.9 Å². The average molecular weight is 733 g/mol. The second-order valence-electron chi connectivity index (χ2n) is 13.4. The van der Waals surface area contributed by atoms with Gasteiger partial charge in [0.15, 0.2) is 29.3 Å². The van der Waals surface area contributed by atoms with Crippen LogP contribution in [0.5, 0.6) is 0 Å². The number of alkyl halides is 3. The van der Waals surface area contributed by atoms with Crippen molar-refractivity contribution in [2.24, 2.45) is 11.8 Å². The number of rotatable bonds is 12. The smallest absolute Gasteiger partial charge is 0.448 e. The minimum absolute atomic E-state index is 0.0578. The number of hydrogen-bond acceptors (Lipinski definition) is 11. The maximum absolute atomic E-state index is 13.3. The molecule has 6 atom stereocenters. The average Bonchev–Trinajstić information content (AvgIpc) is 3.87. The maximum Gasteiger partial charge on any atom is 0.490 e. The summed E-state index contributed by atoms with van der Waals surface area (Å²) in [7, 11) is 0. The Balaban J connectivity index is 1.28. The zero-order chi connectivity index (χ0) is 37.1. The molecule has 4 N–H and O–H groups in total. The number of halogens is 3. The molecule has 0 radical (unpaired) electrons. The number of aromatic nitrogens is 4. The number of imidazole rings is 1. The first-order valence-corrected chi connectivity index (χ1v) is 17.3. The third-order valence-corrected chi connectivity index (χ3v) is 9.96. The summed E-state index contributed by atoms with van der Waals surface area (Å²) in [5.41, 5.74) is 3.60. The van der Waals surface area contributed by atoms with Crippen molar-refractivity contribution >= 4 is 28.9 Å². The molecule has 2 saturated heterocycles. The lowest BCUT2D eigenvalue weighted by atomic mass is 9.90. The van der Waals surface area contributed by atoms with Gasteiger partial charge in [0.2, 0.25) is 5.95 Å². The zero-order valence-corrected chi connectivity index (χ0v) is 28.5. The molecule has 0 spiro atoms. The van der Waals surface area contributed by atoms with E-state index in [1.807, 2.05) is 95.9 Å². The number of benzene rings is 3. The van der Waals surface area contributed by atoms with E-state index in [4.69, 9.17) is 19.4 Å². The standard InChI is InChI=1S/C38H39F3N6O6/c39-38(40,41)36(51)53-32-31(50)29(21-49)52-35(32)47-22-43-30-33(42-17-28(24-12-6-2-7-13-24)25-14-8-3-9-15-25)44-37(45-34(30)47)46-18-26(27(19-46)20-48)16-23-10-4-1-5-11-23/h1-15,22,26-29,31-32,35,48-50H,16-21H2,(H,42,44,45)/t26-,27+,29-,31-,32-,35-/m1/s1. The van der Waals surface area contributed by atoms with E-state index < -0.39 is 43.3 Å². The molecule has 2 fully saturated rings. The molecule has 53 heavy (non-hydrogen) atoms. The van der Waals surface area contributed by atoms with Gasteiger partial charge in [0.05, 0.1) is 12.9 Å². The Morgan fingerprint density at radius 1 is 0.906 bits per heavy atom. The van der Waals surface area contributed by atoms with E-state index in [2.05, 4.69) is 10.3 Å². The fourth-order valence-electron chi connectivity index (χ4n) is 7.22. The van der Waals surface area contributed by atoms with Crippen LogP contribution >= 0.6 is 0 Å². The Kier molecular flexibility index (Phi) is 10.6. The van der Waals surface area contributed by atoms with Gasteiger partial charge in [-0.25, -0.2) is 9.78 Å². The predicted octanol–water partition coefficient (Wildman–Crippen LogP) is 4.08. The zero-order valence-electron chi connectivity index (χ0n) is 28.5. The van der Waals surface area contributed by atoms with Gasteiger partial charge in [0.25, 0.3) is 0 Å². The van der Waals surface area contributed by atoms with Crippen LogP contribution in [0.3, 0.4) is 0 Å². The Morgan fingerprint density at radius 2 is 1.53 bits per heavy atom. The maximum atomic E-state index is 13.3. The largest absolute Gasteiger partial charge is 0.490 e. The summed E-state index contributed by atoms with van der Waals surface area (Å²) >= 11 is 0. The highest BCUT2D eigenvalue weighted by atomic mass is 19.4. The van der Waals surface area contributed by atoms with E-state index in [1.54, 1.807) is 0 Å². The first kappa shape index (κ1) is 36.3. The molecule has 278 valence electrons. The molecule has 2 aliphatic heterocycles. The number of nitrogens with one attached hydrogen (secondary N) is 1. The molecule has 7 rings (SSSR count). The van der Waals surface area contributed by atoms with Crippen molar-refractivity contribution < 1.29 is 42.8 Å². The van der Waals surface area contributed by atoms with Crippen LogP contribution in [0.25, 0.3) is 11.2 Å². The van der Waals surface area contributed by atoms with Gasteiger partial charge in [-0.3, -0.25) is 4.57 Å². The van der Waals surface area contributed by atoms with Gasteiger partial charge in [0, 0.05) is 38.1 Å². The molecule has 2 aromatic heterocycles. The number of ether oxygens (including phenoxy) is 2. The molecule has 4 heterocycles. The number of hydrogen-bond donors (Lipinski definition) is 4. The third kappa shape index (κ3) is 7.69. The minimum Gasteiger partial charge on any atom is -0.448 e. The molecule has 0 amide bonds. The minimum atomic E-state index is -5.34. The van der Waals surface area contributed by atoms with Crippen molar-refractivity contribution in [3.8, 4) is 0 Å². The van der Waals surface area contributed by atoms with Crippen LogP contribution in [0, 0.1) is 11.8 Å². The molecular formula is C38H39F3N6O6. The summed E-state index contributed by atoms with van der Waals surface area (Å²) in [5.74, 6) is -2.06. The van der Waals surface area contributed by atoms with Gasteiger partial charge in [-0.15, -0.1) is 0 Å². The molecule has 0 bridgehead atoms. The first-order valence-electron chi connectivity index (χ1n) is 17.3. The Labute approximate surface area is 302 Å². The van der Waals surface area contributed by atoms with Crippen LogP contribution in [0.4, 0.5) is 24.9 Å². The molecule has 0 saturated carbocycles.